The molecule has 0 aromatic rings. The molecule has 1 nitrogen and oxygen atoms in total. The lowest BCUT2D eigenvalue weighted by molar-refractivity contribution is 0.503. The van der Waals surface area contributed by atoms with Crippen LogP contribution >= 0.6 is 0 Å². The number of aliphatic imine (C=N–C) groups is 1. The van der Waals surface area contributed by atoms with Gasteiger partial charge in [-0.15, -0.1) is 0 Å². The van der Waals surface area contributed by atoms with Gasteiger partial charge in [0, 0.05) is 17.7 Å². The van der Waals surface area contributed by atoms with E-state index in [0.717, 1.165) is 19.4 Å². The number of hydrogen-bond donors (Lipinski definition) is 0. The first-order valence-corrected chi connectivity index (χ1v) is 5.79. The Bertz CT molecular complexity index is 199. The number of allylic oxidation sites excluding steroid dienone is 2. The van der Waals surface area contributed by atoms with Crippen LogP contribution in [0, 0.1) is 5.41 Å². The first-order chi connectivity index (χ1) is 6.58. The van der Waals surface area contributed by atoms with Crippen LogP contribution in [-0.2, 0) is 0 Å². The molecule has 1 heteroatoms. The van der Waals surface area contributed by atoms with E-state index < -0.39 is 0 Å². The standard InChI is InChI=1S/C13H25N/c1-6-9-10-11-12(14-8-3)13(4,5)7-2/h10-11H,6-9H2,1-5H3/b11-10-,14-12?. The van der Waals surface area contributed by atoms with Crippen molar-refractivity contribution in [3.63, 3.8) is 0 Å². The van der Waals surface area contributed by atoms with Crippen molar-refractivity contribution in [2.24, 2.45) is 10.4 Å². The normalized spacial score (nSPS) is 13.9. The third kappa shape index (κ3) is 4.59. The monoisotopic (exact) mass is 195 g/mol. The second-order valence-corrected chi connectivity index (χ2v) is 4.29. The zero-order valence-electron chi connectivity index (χ0n) is 10.4. The molecule has 14 heavy (non-hydrogen) atoms. The number of nitrogens with zero attached hydrogens (tertiary/aromatic N) is 1. The molecule has 0 aliphatic carbocycles. The zero-order chi connectivity index (χ0) is 11.0. The Labute approximate surface area is 89.3 Å². The summed E-state index contributed by atoms with van der Waals surface area (Å²) in [5.41, 5.74) is 1.47. The highest BCUT2D eigenvalue weighted by atomic mass is 14.7. The summed E-state index contributed by atoms with van der Waals surface area (Å²) in [6, 6.07) is 0. The van der Waals surface area contributed by atoms with Crippen molar-refractivity contribution in [3.8, 4) is 0 Å². The minimum Gasteiger partial charge on any atom is -0.290 e. The molecule has 0 bridgehead atoms. The summed E-state index contributed by atoms with van der Waals surface area (Å²) in [6.07, 6.45) is 7.95. The first-order valence-electron chi connectivity index (χ1n) is 5.79. The van der Waals surface area contributed by atoms with Gasteiger partial charge >= 0.3 is 0 Å². The first kappa shape index (κ1) is 13.4. The Balaban J connectivity index is 4.53. The molecule has 82 valence electrons. The number of rotatable bonds is 6. The summed E-state index contributed by atoms with van der Waals surface area (Å²) in [4.78, 5) is 4.57. The molecule has 0 rings (SSSR count). The van der Waals surface area contributed by atoms with Gasteiger partial charge in [0.25, 0.3) is 0 Å². The quantitative estimate of drug-likeness (QED) is 0.562. The summed E-state index contributed by atoms with van der Waals surface area (Å²) in [5, 5.41) is 0. The Morgan fingerprint density at radius 3 is 2.29 bits per heavy atom. The molecule has 0 saturated heterocycles. The third-order valence-corrected chi connectivity index (χ3v) is 2.64. The Morgan fingerprint density at radius 1 is 1.21 bits per heavy atom. The molecule has 0 aliphatic rings. The van der Waals surface area contributed by atoms with Crippen molar-refractivity contribution in [2.75, 3.05) is 6.54 Å². The zero-order valence-corrected chi connectivity index (χ0v) is 10.4. The van der Waals surface area contributed by atoms with Crippen LogP contribution in [0.15, 0.2) is 17.1 Å². The van der Waals surface area contributed by atoms with Crippen LogP contribution in [0.25, 0.3) is 0 Å². The van der Waals surface area contributed by atoms with E-state index in [4.69, 9.17) is 0 Å². The van der Waals surface area contributed by atoms with Gasteiger partial charge in [-0.1, -0.05) is 40.2 Å². The molecule has 0 radical (unpaired) electrons. The second kappa shape index (κ2) is 6.80. The number of unbranched alkanes of at least 4 members (excludes halogenated alkanes) is 1. The predicted molar refractivity (Wildman–Crippen MR) is 66.1 cm³/mol. The van der Waals surface area contributed by atoms with E-state index >= 15 is 0 Å². The molecule has 0 fully saturated rings. The molecule has 0 heterocycles. The average Bonchev–Trinajstić information content (AvgIpc) is 2.17. The predicted octanol–water partition coefficient (Wildman–Crippen LogP) is 4.24. The maximum Gasteiger partial charge on any atom is 0.0401 e. The molecule has 0 atom stereocenters. The van der Waals surface area contributed by atoms with Gasteiger partial charge < -0.3 is 0 Å². The van der Waals surface area contributed by atoms with E-state index in [2.05, 4.69) is 51.8 Å². The fraction of sp³-hybridized carbons (Fsp3) is 0.769. The van der Waals surface area contributed by atoms with Gasteiger partial charge in [0.2, 0.25) is 0 Å². The van der Waals surface area contributed by atoms with Gasteiger partial charge in [0.1, 0.15) is 0 Å². The SMILES string of the molecule is CCC/C=C\C(=NCC)C(C)(C)CC. The minimum atomic E-state index is 0.222. The van der Waals surface area contributed by atoms with Crippen LogP contribution in [-0.4, -0.2) is 12.3 Å². The van der Waals surface area contributed by atoms with E-state index in [1.807, 2.05) is 0 Å². The third-order valence-electron chi connectivity index (χ3n) is 2.64. The van der Waals surface area contributed by atoms with Crippen LogP contribution in [0.4, 0.5) is 0 Å². The van der Waals surface area contributed by atoms with Gasteiger partial charge in [0.15, 0.2) is 0 Å². The van der Waals surface area contributed by atoms with E-state index in [1.165, 1.54) is 12.1 Å². The number of hydrogen-bond acceptors (Lipinski definition) is 1. The van der Waals surface area contributed by atoms with Crippen LogP contribution in [0.1, 0.15) is 53.9 Å². The van der Waals surface area contributed by atoms with Crippen molar-refractivity contribution < 1.29 is 0 Å². The minimum absolute atomic E-state index is 0.222. The van der Waals surface area contributed by atoms with E-state index in [1.54, 1.807) is 0 Å². The Morgan fingerprint density at radius 2 is 1.86 bits per heavy atom. The molecule has 0 spiro atoms. The summed E-state index contributed by atoms with van der Waals surface area (Å²) in [6.45, 7) is 11.9. The van der Waals surface area contributed by atoms with E-state index in [-0.39, 0.29) is 5.41 Å². The smallest absolute Gasteiger partial charge is 0.0401 e. The summed E-state index contributed by atoms with van der Waals surface area (Å²) < 4.78 is 0. The lowest BCUT2D eigenvalue weighted by atomic mass is 9.84. The molecule has 0 unspecified atom stereocenters. The molecular formula is C13H25N. The fourth-order valence-corrected chi connectivity index (χ4v) is 1.21. The average molecular weight is 195 g/mol. The van der Waals surface area contributed by atoms with Crippen LogP contribution in [0.3, 0.4) is 0 Å². The highest BCUT2D eigenvalue weighted by Gasteiger charge is 2.19. The Kier molecular flexibility index (Phi) is 6.52. The molecule has 0 N–H and O–H groups in total. The molecular weight excluding hydrogens is 170 g/mol. The van der Waals surface area contributed by atoms with E-state index in [9.17, 15) is 0 Å². The topological polar surface area (TPSA) is 12.4 Å². The molecule has 0 aromatic carbocycles. The molecule has 0 saturated carbocycles. The summed E-state index contributed by atoms with van der Waals surface area (Å²) in [7, 11) is 0. The van der Waals surface area contributed by atoms with Crippen LogP contribution in [0.2, 0.25) is 0 Å². The van der Waals surface area contributed by atoms with Crippen molar-refractivity contribution in [2.45, 2.75) is 53.9 Å². The summed E-state index contributed by atoms with van der Waals surface area (Å²) >= 11 is 0. The lowest BCUT2D eigenvalue weighted by Crippen LogP contribution is -2.21. The van der Waals surface area contributed by atoms with Crippen molar-refractivity contribution in [3.05, 3.63) is 12.2 Å². The van der Waals surface area contributed by atoms with Gasteiger partial charge in [-0.05, 0) is 25.8 Å². The highest BCUT2D eigenvalue weighted by Crippen LogP contribution is 2.23. The largest absolute Gasteiger partial charge is 0.290 e. The van der Waals surface area contributed by atoms with Crippen molar-refractivity contribution in [1.29, 1.82) is 0 Å². The lowest BCUT2D eigenvalue weighted by Gasteiger charge is -2.23. The highest BCUT2D eigenvalue weighted by molar-refractivity contribution is 5.99. The van der Waals surface area contributed by atoms with Gasteiger partial charge in [0.05, 0.1) is 0 Å². The van der Waals surface area contributed by atoms with Gasteiger partial charge in [-0.3, -0.25) is 4.99 Å². The molecule has 0 aliphatic heterocycles. The maximum atomic E-state index is 4.57. The molecule has 0 amide bonds. The van der Waals surface area contributed by atoms with Crippen molar-refractivity contribution in [1.82, 2.24) is 0 Å². The Hall–Kier alpha value is -0.590. The summed E-state index contributed by atoms with van der Waals surface area (Å²) in [5.74, 6) is 0. The van der Waals surface area contributed by atoms with E-state index in [0.29, 0.717) is 0 Å². The van der Waals surface area contributed by atoms with Crippen LogP contribution in [0.5, 0.6) is 0 Å². The fourth-order valence-electron chi connectivity index (χ4n) is 1.21. The molecule has 0 aromatic heterocycles. The second-order valence-electron chi connectivity index (χ2n) is 4.29. The van der Waals surface area contributed by atoms with Crippen molar-refractivity contribution >= 4 is 5.71 Å². The van der Waals surface area contributed by atoms with Gasteiger partial charge in [-0.25, -0.2) is 0 Å². The maximum absolute atomic E-state index is 4.57. The van der Waals surface area contributed by atoms with Crippen LogP contribution < -0.4 is 0 Å². The van der Waals surface area contributed by atoms with Gasteiger partial charge in [-0.2, -0.15) is 0 Å².